The Hall–Kier alpha value is -0.390. The monoisotopic (exact) mass is 287 g/mol. The van der Waals surface area contributed by atoms with Gasteiger partial charge in [0, 0.05) is 10.9 Å². The zero-order valence-electron chi connectivity index (χ0n) is 10.8. The van der Waals surface area contributed by atoms with Crippen LogP contribution in [0.25, 0.3) is 0 Å². The maximum atomic E-state index is 11.4. The summed E-state index contributed by atoms with van der Waals surface area (Å²) >= 11 is 1.79. The molecule has 0 radical (unpaired) electrons. The van der Waals surface area contributed by atoms with Gasteiger partial charge < -0.3 is 5.32 Å². The lowest BCUT2D eigenvalue weighted by atomic mass is 9.96. The van der Waals surface area contributed by atoms with Gasteiger partial charge in [-0.15, -0.1) is 11.3 Å². The fourth-order valence-electron chi connectivity index (χ4n) is 2.61. The molecule has 0 saturated carbocycles. The minimum absolute atomic E-state index is 0.357. The summed E-state index contributed by atoms with van der Waals surface area (Å²) < 4.78 is 22.9. The van der Waals surface area contributed by atoms with Gasteiger partial charge in [0.1, 0.15) is 0 Å². The van der Waals surface area contributed by atoms with Crippen LogP contribution in [-0.4, -0.2) is 33.0 Å². The van der Waals surface area contributed by atoms with E-state index in [1.165, 1.54) is 4.88 Å². The first-order chi connectivity index (χ1) is 8.59. The van der Waals surface area contributed by atoms with Crippen molar-refractivity contribution >= 4 is 21.2 Å². The van der Waals surface area contributed by atoms with Crippen molar-refractivity contribution in [2.75, 3.05) is 18.6 Å². The van der Waals surface area contributed by atoms with Crippen molar-refractivity contribution in [2.24, 2.45) is 5.92 Å². The summed E-state index contributed by atoms with van der Waals surface area (Å²) in [5.41, 5.74) is 0. The molecule has 1 N–H and O–H groups in total. The molecule has 1 fully saturated rings. The van der Waals surface area contributed by atoms with Crippen LogP contribution in [-0.2, 0) is 16.3 Å². The zero-order valence-corrected chi connectivity index (χ0v) is 12.4. The number of sulfone groups is 1. The number of nitrogens with one attached hydrogen (secondary N) is 1. The second kappa shape index (κ2) is 6.17. The highest BCUT2D eigenvalue weighted by Gasteiger charge is 2.29. The van der Waals surface area contributed by atoms with Gasteiger partial charge in [-0.1, -0.05) is 6.07 Å². The van der Waals surface area contributed by atoms with Crippen LogP contribution in [0.5, 0.6) is 0 Å². The van der Waals surface area contributed by atoms with Crippen molar-refractivity contribution in [1.82, 2.24) is 5.32 Å². The summed E-state index contributed by atoms with van der Waals surface area (Å²) in [6, 6.07) is 4.68. The first-order valence-corrected chi connectivity index (χ1v) is 9.19. The molecule has 1 aromatic rings. The van der Waals surface area contributed by atoms with Crippen LogP contribution >= 0.6 is 11.3 Å². The lowest BCUT2D eigenvalue weighted by Gasteiger charge is -2.19. The van der Waals surface area contributed by atoms with Gasteiger partial charge in [0.05, 0.1) is 11.5 Å². The van der Waals surface area contributed by atoms with Gasteiger partial charge in [-0.25, -0.2) is 8.42 Å². The second-order valence-corrected chi connectivity index (χ2v) is 8.37. The number of hydrogen-bond acceptors (Lipinski definition) is 4. The Bertz CT molecular complexity index is 453. The first-order valence-electron chi connectivity index (χ1n) is 6.49. The molecule has 2 rings (SSSR count). The number of hydrogen-bond donors (Lipinski definition) is 1. The third-order valence-electron chi connectivity index (χ3n) is 3.67. The van der Waals surface area contributed by atoms with Crippen LogP contribution in [0.4, 0.5) is 0 Å². The van der Waals surface area contributed by atoms with E-state index in [9.17, 15) is 8.42 Å². The van der Waals surface area contributed by atoms with E-state index in [-0.39, 0.29) is 0 Å². The fourth-order valence-corrected chi connectivity index (χ4v) is 5.22. The second-order valence-electron chi connectivity index (χ2n) is 5.11. The quantitative estimate of drug-likeness (QED) is 0.871. The fraction of sp³-hybridized carbons (Fsp3) is 0.692. The summed E-state index contributed by atoms with van der Waals surface area (Å²) in [6.45, 7) is 0. The Morgan fingerprint density at radius 1 is 1.56 bits per heavy atom. The van der Waals surface area contributed by atoms with Crippen molar-refractivity contribution in [1.29, 1.82) is 0 Å². The molecule has 0 bridgehead atoms. The number of aryl methyl sites for hydroxylation is 1. The molecule has 1 aromatic heterocycles. The topological polar surface area (TPSA) is 46.2 Å². The van der Waals surface area contributed by atoms with Crippen molar-refractivity contribution in [2.45, 2.75) is 31.7 Å². The third-order valence-corrected chi connectivity index (χ3v) is 6.45. The van der Waals surface area contributed by atoms with Crippen molar-refractivity contribution < 1.29 is 8.42 Å². The molecule has 0 aliphatic carbocycles. The van der Waals surface area contributed by atoms with Gasteiger partial charge in [0.15, 0.2) is 9.84 Å². The molecule has 1 saturated heterocycles. The Balaban J connectivity index is 1.79. The van der Waals surface area contributed by atoms with Gasteiger partial charge in [0.25, 0.3) is 0 Å². The predicted octanol–water partition coefficient (Wildman–Crippen LogP) is 2.09. The molecule has 0 amide bonds. The Morgan fingerprint density at radius 3 is 2.94 bits per heavy atom. The highest BCUT2D eigenvalue weighted by molar-refractivity contribution is 7.91. The molecule has 3 nitrogen and oxygen atoms in total. The Labute approximate surface area is 114 Å². The maximum Gasteiger partial charge on any atom is 0.150 e. The molecule has 1 aliphatic rings. The standard InChI is InChI=1S/C13H21NO2S2/c1-14-12(4-5-13-3-2-7-17-13)9-11-6-8-18(15,16)10-11/h2-3,7,11-12,14H,4-6,8-10H2,1H3. The molecule has 2 atom stereocenters. The molecule has 2 unspecified atom stereocenters. The summed E-state index contributed by atoms with van der Waals surface area (Å²) in [4.78, 5) is 1.41. The Kier molecular flexibility index (Phi) is 4.81. The smallest absolute Gasteiger partial charge is 0.150 e. The average molecular weight is 287 g/mol. The highest BCUT2D eigenvalue weighted by Crippen LogP contribution is 2.24. The van der Waals surface area contributed by atoms with Gasteiger partial charge in [-0.3, -0.25) is 0 Å². The number of thiophene rings is 1. The summed E-state index contributed by atoms with van der Waals surface area (Å²) in [5.74, 6) is 1.14. The van der Waals surface area contributed by atoms with Crippen LogP contribution in [0.2, 0.25) is 0 Å². The summed E-state index contributed by atoms with van der Waals surface area (Å²) in [7, 11) is -0.758. The molecule has 2 heterocycles. The highest BCUT2D eigenvalue weighted by atomic mass is 32.2. The van der Waals surface area contributed by atoms with E-state index in [2.05, 4.69) is 22.8 Å². The molecule has 5 heteroatoms. The molecular formula is C13H21NO2S2. The minimum Gasteiger partial charge on any atom is -0.317 e. The van der Waals surface area contributed by atoms with E-state index in [0.717, 1.165) is 25.7 Å². The summed E-state index contributed by atoms with van der Waals surface area (Å²) in [6.07, 6.45) is 4.01. The van der Waals surface area contributed by atoms with Crippen molar-refractivity contribution in [3.05, 3.63) is 22.4 Å². The van der Waals surface area contributed by atoms with Crippen LogP contribution in [0.3, 0.4) is 0 Å². The molecule has 102 valence electrons. The minimum atomic E-state index is -2.73. The van der Waals surface area contributed by atoms with E-state index in [0.29, 0.717) is 23.5 Å². The van der Waals surface area contributed by atoms with Crippen molar-refractivity contribution in [3.63, 3.8) is 0 Å². The zero-order chi connectivity index (χ0) is 13.0. The third kappa shape index (κ3) is 4.07. The molecule has 1 aliphatic heterocycles. The van der Waals surface area contributed by atoms with E-state index >= 15 is 0 Å². The lowest BCUT2D eigenvalue weighted by molar-refractivity contribution is 0.408. The molecule has 0 aromatic carbocycles. The van der Waals surface area contributed by atoms with E-state index in [1.54, 1.807) is 11.3 Å². The van der Waals surface area contributed by atoms with Crippen LogP contribution in [0.1, 0.15) is 24.1 Å². The van der Waals surface area contributed by atoms with E-state index in [4.69, 9.17) is 0 Å². The van der Waals surface area contributed by atoms with E-state index < -0.39 is 9.84 Å². The SMILES string of the molecule is CNC(CCc1cccs1)CC1CCS(=O)(=O)C1. The van der Waals surface area contributed by atoms with Crippen LogP contribution in [0.15, 0.2) is 17.5 Å². The first kappa shape index (κ1) is 14.0. The van der Waals surface area contributed by atoms with E-state index in [1.807, 2.05) is 7.05 Å². The van der Waals surface area contributed by atoms with Crippen LogP contribution < -0.4 is 5.32 Å². The lowest BCUT2D eigenvalue weighted by Crippen LogP contribution is -2.28. The van der Waals surface area contributed by atoms with Gasteiger partial charge in [0.2, 0.25) is 0 Å². The maximum absolute atomic E-state index is 11.4. The van der Waals surface area contributed by atoms with Crippen LogP contribution in [0, 0.1) is 5.92 Å². The van der Waals surface area contributed by atoms with Gasteiger partial charge in [-0.2, -0.15) is 0 Å². The van der Waals surface area contributed by atoms with Crippen molar-refractivity contribution in [3.8, 4) is 0 Å². The normalized spacial score (nSPS) is 24.2. The van der Waals surface area contributed by atoms with Gasteiger partial charge in [-0.05, 0) is 50.1 Å². The Morgan fingerprint density at radius 2 is 2.39 bits per heavy atom. The summed E-state index contributed by atoms with van der Waals surface area (Å²) in [5, 5.41) is 5.43. The average Bonchev–Trinajstić information content (AvgIpc) is 2.94. The molecule has 18 heavy (non-hydrogen) atoms. The largest absolute Gasteiger partial charge is 0.317 e. The van der Waals surface area contributed by atoms with Gasteiger partial charge >= 0.3 is 0 Å². The molecular weight excluding hydrogens is 266 g/mol. The predicted molar refractivity (Wildman–Crippen MR) is 76.9 cm³/mol. The molecule has 0 spiro atoms. The number of rotatable bonds is 6.